The van der Waals surface area contributed by atoms with Gasteiger partial charge in [-0.2, -0.15) is 0 Å². The third-order valence-electron chi connectivity index (χ3n) is 2.17. The Morgan fingerprint density at radius 1 is 1.33 bits per heavy atom. The van der Waals surface area contributed by atoms with E-state index in [1.54, 1.807) is 24.3 Å². The maximum atomic E-state index is 11.3. The molecule has 1 aliphatic rings. The molecule has 1 heterocycles. The summed E-state index contributed by atoms with van der Waals surface area (Å²) in [4.78, 5) is 11.3. The molecule has 0 atom stereocenters. The summed E-state index contributed by atoms with van der Waals surface area (Å²) in [7, 11) is 0. The molecule has 1 aromatic rings. The number of hydrogen-bond acceptors (Lipinski definition) is 3. The van der Waals surface area contributed by atoms with Gasteiger partial charge in [0.25, 0.3) is 0 Å². The quantitative estimate of drug-likeness (QED) is 0.552. The van der Waals surface area contributed by atoms with Crippen molar-refractivity contribution in [3.8, 4) is 12.3 Å². The van der Waals surface area contributed by atoms with Crippen LogP contribution >= 0.6 is 0 Å². The summed E-state index contributed by atoms with van der Waals surface area (Å²) in [6, 6.07) is 6.79. The molecule has 0 radical (unpaired) electrons. The molecule has 0 aromatic heterocycles. The van der Waals surface area contributed by atoms with Crippen molar-refractivity contribution >= 4 is 11.5 Å². The van der Waals surface area contributed by atoms with Crippen molar-refractivity contribution in [3.63, 3.8) is 0 Å². The van der Waals surface area contributed by atoms with E-state index in [4.69, 9.17) is 6.42 Å². The average molecular weight is 200 g/mol. The number of terminal acetylenes is 1. The molecule has 3 heteroatoms. The van der Waals surface area contributed by atoms with Crippen molar-refractivity contribution in [2.24, 2.45) is 0 Å². The van der Waals surface area contributed by atoms with Crippen LogP contribution in [0, 0.1) is 12.3 Å². The topological polar surface area (TPSA) is 46.5 Å². The largest absolute Gasteiger partial charge is 0.508 e. The first-order valence-electron chi connectivity index (χ1n) is 4.38. The first-order valence-corrected chi connectivity index (χ1v) is 4.38. The van der Waals surface area contributed by atoms with E-state index in [2.05, 4.69) is 10.7 Å². The zero-order valence-electron chi connectivity index (χ0n) is 7.86. The SMILES string of the molecule is C#Cc1ccc(C2=C(O)COC2=O)cc1. The summed E-state index contributed by atoms with van der Waals surface area (Å²) >= 11 is 0. The number of aliphatic hydroxyl groups excluding tert-OH is 1. The minimum Gasteiger partial charge on any atom is -0.508 e. The van der Waals surface area contributed by atoms with Gasteiger partial charge in [0.2, 0.25) is 0 Å². The van der Waals surface area contributed by atoms with Crippen LogP contribution in [-0.2, 0) is 9.53 Å². The smallest absolute Gasteiger partial charge is 0.342 e. The molecule has 3 nitrogen and oxygen atoms in total. The molecule has 0 spiro atoms. The van der Waals surface area contributed by atoms with Crippen molar-refractivity contribution < 1.29 is 14.6 Å². The van der Waals surface area contributed by atoms with Gasteiger partial charge in [0.15, 0.2) is 0 Å². The summed E-state index contributed by atoms with van der Waals surface area (Å²) in [6.45, 7) is -0.0505. The van der Waals surface area contributed by atoms with Gasteiger partial charge in [-0.3, -0.25) is 0 Å². The molecule has 15 heavy (non-hydrogen) atoms. The number of esters is 1. The number of hydrogen-bond donors (Lipinski definition) is 1. The van der Waals surface area contributed by atoms with Crippen LogP contribution < -0.4 is 0 Å². The monoisotopic (exact) mass is 200 g/mol. The van der Waals surface area contributed by atoms with Gasteiger partial charge in [0.05, 0.1) is 0 Å². The fraction of sp³-hybridized carbons (Fsp3) is 0.0833. The number of carbonyl (C=O) groups excluding carboxylic acids is 1. The van der Waals surface area contributed by atoms with Crippen LogP contribution in [0.1, 0.15) is 11.1 Å². The number of aliphatic hydroxyl groups is 1. The maximum Gasteiger partial charge on any atom is 0.342 e. The summed E-state index contributed by atoms with van der Waals surface area (Å²) in [5, 5.41) is 9.43. The zero-order chi connectivity index (χ0) is 10.8. The highest BCUT2D eigenvalue weighted by molar-refractivity contribution is 6.18. The van der Waals surface area contributed by atoms with E-state index >= 15 is 0 Å². The molecule has 2 rings (SSSR count). The molecule has 74 valence electrons. The molecule has 1 N–H and O–H groups in total. The van der Waals surface area contributed by atoms with Crippen LogP contribution in [0.2, 0.25) is 0 Å². The van der Waals surface area contributed by atoms with Crippen LogP contribution in [0.15, 0.2) is 30.0 Å². The Morgan fingerprint density at radius 3 is 2.47 bits per heavy atom. The van der Waals surface area contributed by atoms with E-state index in [9.17, 15) is 9.90 Å². The van der Waals surface area contributed by atoms with Crippen molar-refractivity contribution in [3.05, 3.63) is 41.2 Å². The van der Waals surface area contributed by atoms with Gasteiger partial charge in [0.1, 0.15) is 17.9 Å². The van der Waals surface area contributed by atoms with Gasteiger partial charge < -0.3 is 9.84 Å². The highest BCUT2D eigenvalue weighted by Gasteiger charge is 2.25. The second-order valence-corrected chi connectivity index (χ2v) is 3.12. The van der Waals surface area contributed by atoms with Crippen LogP contribution in [0.3, 0.4) is 0 Å². The lowest BCUT2D eigenvalue weighted by molar-refractivity contribution is -0.134. The average Bonchev–Trinajstić information content (AvgIpc) is 2.59. The predicted molar refractivity (Wildman–Crippen MR) is 54.9 cm³/mol. The van der Waals surface area contributed by atoms with Gasteiger partial charge in [0, 0.05) is 5.56 Å². The number of benzene rings is 1. The first kappa shape index (κ1) is 9.35. The Kier molecular flexibility index (Phi) is 2.18. The Balaban J connectivity index is 2.43. The third-order valence-corrected chi connectivity index (χ3v) is 2.17. The molecule has 0 saturated carbocycles. The lowest BCUT2D eigenvalue weighted by atomic mass is 10.0. The van der Waals surface area contributed by atoms with Crippen molar-refractivity contribution in [1.82, 2.24) is 0 Å². The number of ether oxygens (including phenoxy) is 1. The fourth-order valence-electron chi connectivity index (χ4n) is 1.41. The minimum absolute atomic E-state index is 0.0338. The van der Waals surface area contributed by atoms with Gasteiger partial charge in [-0.05, 0) is 17.7 Å². The highest BCUT2D eigenvalue weighted by Crippen LogP contribution is 2.24. The molecular formula is C12H8O3. The normalized spacial score (nSPS) is 15.0. The Labute approximate surface area is 87.0 Å². The molecule has 0 aliphatic carbocycles. The van der Waals surface area contributed by atoms with E-state index in [1.165, 1.54) is 0 Å². The third kappa shape index (κ3) is 1.57. The molecular weight excluding hydrogens is 192 g/mol. The molecule has 0 amide bonds. The lowest BCUT2D eigenvalue weighted by Crippen LogP contribution is -1.98. The van der Waals surface area contributed by atoms with E-state index in [1.807, 2.05) is 0 Å². The highest BCUT2D eigenvalue weighted by atomic mass is 16.5. The molecule has 0 fully saturated rings. The van der Waals surface area contributed by atoms with E-state index < -0.39 is 5.97 Å². The van der Waals surface area contributed by atoms with E-state index in [0.717, 1.165) is 5.56 Å². The zero-order valence-corrected chi connectivity index (χ0v) is 7.86. The molecule has 0 unspecified atom stereocenters. The molecule has 1 aromatic carbocycles. The van der Waals surface area contributed by atoms with Gasteiger partial charge in [-0.25, -0.2) is 4.79 Å². The van der Waals surface area contributed by atoms with Crippen LogP contribution in [0.25, 0.3) is 5.57 Å². The van der Waals surface area contributed by atoms with Crippen molar-refractivity contribution in [1.29, 1.82) is 0 Å². The van der Waals surface area contributed by atoms with E-state index in [-0.39, 0.29) is 17.9 Å². The van der Waals surface area contributed by atoms with Crippen LogP contribution in [-0.4, -0.2) is 17.7 Å². The summed E-state index contributed by atoms with van der Waals surface area (Å²) in [5.41, 5.74) is 1.57. The number of rotatable bonds is 1. The molecule has 0 bridgehead atoms. The number of carbonyl (C=O) groups is 1. The Hall–Kier alpha value is -2.21. The van der Waals surface area contributed by atoms with E-state index in [0.29, 0.717) is 5.56 Å². The standard InChI is InChI=1S/C12H8O3/c1-2-8-3-5-9(6-4-8)11-10(13)7-15-12(11)14/h1,3-6,13H,7H2. The lowest BCUT2D eigenvalue weighted by Gasteiger charge is -1.99. The summed E-state index contributed by atoms with van der Waals surface area (Å²) in [6.07, 6.45) is 5.20. The van der Waals surface area contributed by atoms with Gasteiger partial charge in [-0.15, -0.1) is 6.42 Å². The fourth-order valence-corrected chi connectivity index (χ4v) is 1.41. The van der Waals surface area contributed by atoms with Gasteiger partial charge >= 0.3 is 5.97 Å². The second-order valence-electron chi connectivity index (χ2n) is 3.12. The first-order chi connectivity index (χ1) is 7.22. The number of cyclic esters (lactones) is 1. The van der Waals surface area contributed by atoms with Crippen molar-refractivity contribution in [2.75, 3.05) is 6.61 Å². The minimum atomic E-state index is -0.499. The predicted octanol–water partition coefficient (Wildman–Crippen LogP) is 1.49. The second kappa shape index (κ2) is 3.50. The molecule has 0 saturated heterocycles. The maximum absolute atomic E-state index is 11.3. The van der Waals surface area contributed by atoms with Crippen molar-refractivity contribution in [2.45, 2.75) is 0 Å². The Bertz CT molecular complexity index is 475. The Morgan fingerprint density at radius 2 is 2.00 bits per heavy atom. The molecule has 1 aliphatic heterocycles. The van der Waals surface area contributed by atoms with Crippen LogP contribution in [0.5, 0.6) is 0 Å². The van der Waals surface area contributed by atoms with Crippen LogP contribution in [0.4, 0.5) is 0 Å². The summed E-state index contributed by atoms with van der Waals surface area (Å²) < 4.78 is 4.69. The summed E-state index contributed by atoms with van der Waals surface area (Å²) in [5.74, 6) is 1.94. The van der Waals surface area contributed by atoms with Gasteiger partial charge in [-0.1, -0.05) is 18.1 Å².